The van der Waals surface area contributed by atoms with Crippen LogP contribution in [0.4, 0.5) is 0 Å². The van der Waals surface area contributed by atoms with E-state index >= 15 is 0 Å². The topological polar surface area (TPSA) is 56.0 Å². The Balaban J connectivity index is 1.40. The molecule has 27 heavy (non-hydrogen) atoms. The molecular weight excluding hydrogens is 338 g/mol. The molecule has 0 N–H and O–H groups in total. The highest BCUT2D eigenvalue weighted by Gasteiger charge is 2.24. The van der Waals surface area contributed by atoms with Crippen LogP contribution in [0.5, 0.6) is 0 Å². The fourth-order valence-corrected chi connectivity index (χ4v) is 3.81. The number of hydrogen-bond donors (Lipinski definition) is 0. The van der Waals surface area contributed by atoms with Gasteiger partial charge in [0.2, 0.25) is 0 Å². The molecule has 0 spiro atoms. The zero-order valence-electron chi connectivity index (χ0n) is 15.6. The number of nitrogens with zero attached hydrogens (tertiary/aromatic N) is 5. The molecular formula is C21H25N5O. The van der Waals surface area contributed by atoms with Gasteiger partial charge < -0.3 is 0 Å². The molecule has 2 aromatic heterocycles. The first-order chi connectivity index (χ1) is 13.2. The van der Waals surface area contributed by atoms with Crippen molar-refractivity contribution in [3.63, 3.8) is 0 Å². The summed E-state index contributed by atoms with van der Waals surface area (Å²) in [6, 6.07) is 16.2. The molecule has 1 aromatic carbocycles. The maximum absolute atomic E-state index is 12.2. The molecule has 140 valence electrons. The van der Waals surface area contributed by atoms with E-state index in [-0.39, 0.29) is 5.56 Å². The molecule has 1 aliphatic heterocycles. The highest BCUT2D eigenvalue weighted by molar-refractivity contribution is 5.19. The first kappa shape index (κ1) is 17.7. The van der Waals surface area contributed by atoms with E-state index in [0.29, 0.717) is 24.3 Å². The van der Waals surface area contributed by atoms with Crippen molar-refractivity contribution >= 4 is 0 Å². The summed E-state index contributed by atoms with van der Waals surface area (Å²) in [4.78, 5) is 14.8. The molecule has 0 aliphatic carbocycles. The molecule has 3 heterocycles. The van der Waals surface area contributed by atoms with Crippen LogP contribution < -0.4 is 5.56 Å². The van der Waals surface area contributed by atoms with Crippen molar-refractivity contribution in [1.29, 1.82) is 0 Å². The van der Waals surface area contributed by atoms with Crippen LogP contribution in [-0.4, -0.2) is 37.6 Å². The highest BCUT2D eigenvalue weighted by Crippen LogP contribution is 2.26. The van der Waals surface area contributed by atoms with Crippen molar-refractivity contribution in [2.45, 2.75) is 32.4 Å². The third-order valence-electron chi connectivity index (χ3n) is 5.50. The number of rotatable bonds is 5. The number of piperidine rings is 1. The predicted octanol–water partition coefficient (Wildman–Crippen LogP) is 2.90. The van der Waals surface area contributed by atoms with Crippen LogP contribution in [0.1, 0.15) is 31.4 Å². The summed E-state index contributed by atoms with van der Waals surface area (Å²) in [6.07, 6.45) is 5.70. The molecule has 1 unspecified atom stereocenters. The summed E-state index contributed by atoms with van der Waals surface area (Å²) in [5.74, 6) is 1.15. The van der Waals surface area contributed by atoms with Gasteiger partial charge in [0.05, 0.1) is 0 Å². The van der Waals surface area contributed by atoms with Gasteiger partial charge in [-0.15, -0.1) is 5.10 Å². The maximum Gasteiger partial charge on any atom is 0.266 e. The van der Waals surface area contributed by atoms with Gasteiger partial charge in [-0.2, -0.15) is 5.10 Å². The standard InChI is InChI=1S/C21H25N5O/c1-17(19-6-3-2-4-7-19)24-14-10-18(11-15-24)16-26-21(27)9-8-20(23-26)25-13-5-12-22-25/h2-9,12-13,17-18H,10-11,14-16H2,1H3. The van der Waals surface area contributed by atoms with Crippen molar-refractivity contribution < 1.29 is 0 Å². The Bertz CT molecular complexity index is 911. The molecule has 0 amide bonds. The Morgan fingerprint density at radius 3 is 2.56 bits per heavy atom. The van der Waals surface area contributed by atoms with Crippen LogP contribution in [0.3, 0.4) is 0 Å². The number of benzene rings is 1. The minimum absolute atomic E-state index is 0.0500. The summed E-state index contributed by atoms with van der Waals surface area (Å²) in [6.45, 7) is 5.04. The molecule has 6 nitrogen and oxygen atoms in total. The van der Waals surface area contributed by atoms with Crippen molar-refractivity contribution in [2.24, 2.45) is 5.92 Å². The monoisotopic (exact) mass is 363 g/mol. The van der Waals surface area contributed by atoms with E-state index in [9.17, 15) is 4.79 Å². The van der Waals surface area contributed by atoms with E-state index in [4.69, 9.17) is 0 Å². The van der Waals surface area contributed by atoms with Crippen LogP contribution in [-0.2, 0) is 6.54 Å². The summed E-state index contributed by atoms with van der Waals surface area (Å²) < 4.78 is 3.28. The SMILES string of the molecule is CC(c1ccccc1)N1CCC(Cn2nc(-n3cccn3)ccc2=O)CC1. The van der Waals surface area contributed by atoms with E-state index in [0.717, 1.165) is 25.9 Å². The summed E-state index contributed by atoms with van der Waals surface area (Å²) >= 11 is 0. The fraction of sp³-hybridized carbons (Fsp3) is 0.381. The maximum atomic E-state index is 12.2. The van der Waals surface area contributed by atoms with Crippen LogP contribution >= 0.6 is 0 Å². The van der Waals surface area contributed by atoms with Crippen LogP contribution in [0, 0.1) is 5.92 Å². The Kier molecular flexibility index (Phi) is 5.16. The molecule has 3 aromatic rings. The third kappa shape index (κ3) is 4.01. The fourth-order valence-electron chi connectivity index (χ4n) is 3.81. The van der Waals surface area contributed by atoms with E-state index in [1.807, 2.05) is 12.3 Å². The van der Waals surface area contributed by atoms with E-state index in [1.165, 1.54) is 5.56 Å². The van der Waals surface area contributed by atoms with Crippen molar-refractivity contribution in [3.05, 3.63) is 76.8 Å². The largest absolute Gasteiger partial charge is 0.297 e. The van der Waals surface area contributed by atoms with Gasteiger partial charge in [0.1, 0.15) is 0 Å². The van der Waals surface area contributed by atoms with Crippen LogP contribution in [0.25, 0.3) is 5.82 Å². The first-order valence-electron chi connectivity index (χ1n) is 9.58. The second-order valence-electron chi connectivity index (χ2n) is 7.23. The van der Waals surface area contributed by atoms with Crippen LogP contribution in [0.2, 0.25) is 0 Å². The lowest BCUT2D eigenvalue weighted by Gasteiger charge is -2.36. The predicted molar refractivity (Wildman–Crippen MR) is 105 cm³/mol. The normalized spacial score (nSPS) is 17.1. The zero-order valence-corrected chi connectivity index (χ0v) is 15.6. The lowest BCUT2D eigenvalue weighted by Crippen LogP contribution is -2.38. The van der Waals surface area contributed by atoms with E-state index in [2.05, 4.69) is 52.4 Å². The van der Waals surface area contributed by atoms with Gasteiger partial charge in [0.15, 0.2) is 5.82 Å². The smallest absolute Gasteiger partial charge is 0.266 e. The number of aromatic nitrogens is 4. The van der Waals surface area contributed by atoms with E-state index in [1.54, 1.807) is 27.7 Å². The lowest BCUT2D eigenvalue weighted by atomic mass is 9.94. The van der Waals surface area contributed by atoms with Gasteiger partial charge in [0, 0.05) is 31.0 Å². The summed E-state index contributed by atoms with van der Waals surface area (Å²) in [5, 5.41) is 8.70. The van der Waals surface area contributed by atoms with E-state index < -0.39 is 0 Å². The zero-order chi connectivity index (χ0) is 18.6. The minimum atomic E-state index is -0.0500. The molecule has 1 aliphatic rings. The van der Waals surface area contributed by atoms with Gasteiger partial charge in [-0.05, 0) is 56.5 Å². The van der Waals surface area contributed by atoms with Gasteiger partial charge in [-0.1, -0.05) is 30.3 Å². The van der Waals surface area contributed by atoms with Crippen molar-refractivity contribution in [3.8, 4) is 5.82 Å². The summed E-state index contributed by atoms with van der Waals surface area (Å²) in [5.41, 5.74) is 1.31. The Morgan fingerprint density at radius 2 is 1.85 bits per heavy atom. The Labute approximate surface area is 159 Å². The van der Waals surface area contributed by atoms with Gasteiger partial charge >= 0.3 is 0 Å². The van der Waals surface area contributed by atoms with Gasteiger partial charge in [-0.25, -0.2) is 9.36 Å². The van der Waals surface area contributed by atoms with Gasteiger partial charge in [0.25, 0.3) is 5.56 Å². The average Bonchev–Trinajstić information content (AvgIpc) is 3.25. The summed E-state index contributed by atoms with van der Waals surface area (Å²) in [7, 11) is 0. The van der Waals surface area contributed by atoms with Gasteiger partial charge in [-0.3, -0.25) is 9.69 Å². The van der Waals surface area contributed by atoms with Crippen molar-refractivity contribution in [2.75, 3.05) is 13.1 Å². The molecule has 0 saturated carbocycles. The molecule has 6 heteroatoms. The number of likely N-dealkylation sites (tertiary alicyclic amines) is 1. The molecule has 1 saturated heterocycles. The Morgan fingerprint density at radius 1 is 1.07 bits per heavy atom. The Hall–Kier alpha value is -2.73. The minimum Gasteiger partial charge on any atom is -0.297 e. The third-order valence-corrected chi connectivity index (χ3v) is 5.50. The molecule has 1 atom stereocenters. The highest BCUT2D eigenvalue weighted by atomic mass is 16.1. The molecule has 4 rings (SSSR count). The lowest BCUT2D eigenvalue weighted by molar-refractivity contribution is 0.131. The van der Waals surface area contributed by atoms with Crippen molar-refractivity contribution in [1.82, 2.24) is 24.5 Å². The second kappa shape index (κ2) is 7.88. The molecule has 1 fully saturated rings. The average molecular weight is 363 g/mol. The quantitative estimate of drug-likeness (QED) is 0.699. The molecule has 0 bridgehead atoms. The first-order valence-corrected chi connectivity index (χ1v) is 9.58. The van der Waals surface area contributed by atoms with Crippen LogP contribution in [0.15, 0.2) is 65.7 Å². The number of hydrogen-bond acceptors (Lipinski definition) is 4. The molecule has 0 radical (unpaired) electrons. The second-order valence-corrected chi connectivity index (χ2v) is 7.23.